The van der Waals surface area contributed by atoms with Crippen LogP contribution in [0.3, 0.4) is 0 Å². The van der Waals surface area contributed by atoms with Crippen LogP contribution < -0.4 is 9.47 Å². The fourth-order valence-electron chi connectivity index (χ4n) is 3.44. The Morgan fingerprint density at radius 1 is 0.914 bits per heavy atom. The van der Waals surface area contributed by atoms with Crippen LogP contribution >= 0.6 is 0 Å². The summed E-state index contributed by atoms with van der Waals surface area (Å²) in [6.45, 7) is 6.04. The molecule has 0 bridgehead atoms. The quantitative estimate of drug-likeness (QED) is 0.213. The largest absolute Gasteiger partial charge is 0.481 e. The van der Waals surface area contributed by atoms with Crippen molar-refractivity contribution in [2.24, 2.45) is 17.3 Å². The van der Waals surface area contributed by atoms with E-state index >= 15 is 0 Å². The van der Waals surface area contributed by atoms with E-state index in [-0.39, 0.29) is 37.1 Å². The van der Waals surface area contributed by atoms with Gasteiger partial charge in [0.05, 0.1) is 23.7 Å². The zero-order chi connectivity index (χ0) is 26.0. The summed E-state index contributed by atoms with van der Waals surface area (Å²) in [7, 11) is 0. The van der Waals surface area contributed by atoms with Gasteiger partial charge in [0.25, 0.3) is 0 Å². The zero-order valence-corrected chi connectivity index (χ0v) is 19.8. The Morgan fingerprint density at radius 2 is 1.43 bits per heavy atom. The van der Waals surface area contributed by atoms with E-state index in [0.717, 1.165) is 6.08 Å². The summed E-state index contributed by atoms with van der Waals surface area (Å²) in [6.07, 6.45) is 2.55. The number of hydrogen-bond donors (Lipinski definition) is 1. The fraction of sp³-hybridized carbons (Fsp3) is 0.480. The van der Waals surface area contributed by atoms with Gasteiger partial charge >= 0.3 is 29.8 Å². The van der Waals surface area contributed by atoms with Crippen molar-refractivity contribution in [2.45, 2.75) is 46.0 Å². The topological polar surface area (TPSA) is 142 Å². The predicted octanol–water partition coefficient (Wildman–Crippen LogP) is 3.08. The zero-order valence-electron chi connectivity index (χ0n) is 19.8. The second kappa shape index (κ2) is 12.7. The van der Waals surface area contributed by atoms with Crippen molar-refractivity contribution in [3.63, 3.8) is 0 Å². The molecule has 1 N–H and O–H groups in total. The van der Waals surface area contributed by atoms with Crippen LogP contribution in [0, 0.1) is 17.3 Å². The smallest absolute Gasteiger partial charge is 0.330 e. The Morgan fingerprint density at radius 3 is 1.97 bits per heavy atom. The first-order chi connectivity index (χ1) is 16.5. The molecule has 35 heavy (non-hydrogen) atoms. The summed E-state index contributed by atoms with van der Waals surface area (Å²) in [4.78, 5) is 58.9. The van der Waals surface area contributed by atoms with Gasteiger partial charge in [-0.15, -0.1) is 0 Å². The van der Waals surface area contributed by atoms with Crippen LogP contribution in [0.15, 0.2) is 36.9 Å². The summed E-state index contributed by atoms with van der Waals surface area (Å²) >= 11 is 0. The third-order valence-corrected chi connectivity index (χ3v) is 5.56. The number of rotatable bonds is 11. The molecule has 0 aliphatic heterocycles. The molecule has 1 aliphatic carbocycles. The second-order valence-corrected chi connectivity index (χ2v) is 8.82. The molecule has 0 unspecified atom stereocenters. The molecular weight excluding hydrogens is 460 g/mol. The van der Waals surface area contributed by atoms with Gasteiger partial charge in [-0.2, -0.15) is 0 Å². The lowest BCUT2D eigenvalue weighted by Gasteiger charge is -2.24. The minimum Gasteiger partial charge on any atom is -0.481 e. The third-order valence-electron chi connectivity index (χ3n) is 5.56. The van der Waals surface area contributed by atoms with Gasteiger partial charge in [0.15, 0.2) is 0 Å². The van der Waals surface area contributed by atoms with Gasteiger partial charge in [0.2, 0.25) is 0 Å². The highest BCUT2D eigenvalue weighted by atomic mass is 16.6. The van der Waals surface area contributed by atoms with E-state index < -0.39 is 41.2 Å². The average Bonchev–Trinajstić information content (AvgIpc) is 2.82. The van der Waals surface area contributed by atoms with E-state index in [9.17, 15) is 24.0 Å². The lowest BCUT2D eigenvalue weighted by atomic mass is 9.82. The minimum absolute atomic E-state index is 0.123. The van der Waals surface area contributed by atoms with Crippen LogP contribution in [-0.4, -0.2) is 48.2 Å². The summed E-state index contributed by atoms with van der Waals surface area (Å²) in [6, 6.07) is 5.89. The lowest BCUT2D eigenvalue weighted by molar-refractivity contribution is -0.156. The van der Waals surface area contributed by atoms with Crippen LogP contribution in [0.5, 0.6) is 11.5 Å². The van der Waals surface area contributed by atoms with Crippen LogP contribution in [0.2, 0.25) is 0 Å². The number of aliphatic carboxylic acids is 1. The number of carboxylic acid groups (broad SMARTS) is 1. The minimum atomic E-state index is -1.19. The fourth-order valence-corrected chi connectivity index (χ4v) is 3.44. The number of benzene rings is 1. The molecule has 0 spiro atoms. The van der Waals surface area contributed by atoms with Gasteiger partial charge in [-0.3, -0.25) is 19.2 Å². The van der Waals surface area contributed by atoms with Crippen LogP contribution in [0.4, 0.5) is 0 Å². The van der Waals surface area contributed by atoms with E-state index in [2.05, 4.69) is 6.58 Å². The Bertz CT molecular complexity index is 939. The number of carbonyl (C=O) groups excluding carboxylic acids is 4. The van der Waals surface area contributed by atoms with Gasteiger partial charge in [0.1, 0.15) is 24.7 Å². The maximum Gasteiger partial charge on any atom is 0.330 e. The van der Waals surface area contributed by atoms with Gasteiger partial charge < -0.3 is 24.1 Å². The monoisotopic (exact) mass is 490 g/mol. The molecule has 1 fully saturated rings. The van der Waals surface area contributed by atoms with E-state index in [1.807, 2.05) is 0 Å². The number of hydrogen-bond acceptors (Lipinski definition) is 9. The Hall–Kier alpha value is -3.69. The van der Waals surface area contributed by atoms with Crippen molar-refractivity contribution in [1.29, 1.82) is 0 Å². The molecule has 190 valence electrons. The molecular formula is C25H30O10. The van der Waals surface area contributed by atoms with Crippen molar-refractivity contribution >= 4 is 29.8 Å². The van der Waals surface area contributed by atoms with Crippen molar-refractivity contribution in [3.8, 4) is 11.5 Å². The number of esters is 4. The summed E-state index contributed by atoms with van der Waals surface area (Å²) in [5.41, 5.74) is -1.19. The molecule has 2 rings (SSSR count). The molecule has 0 saturated heterocycles. The molecule has 0 atom stereocenters. The Kier molecular flexibility index (Phi) is 9.98. The molecule has 1 aromatic carbocycles. The molecule has 0 heterocycles. The van der Waals surface area contributed by atoms with Crippen LogP contribution in [0.25, 0.3) is 0 Å². The van der Waals surface area contributed by atoms with Gasteiger partial charge in [0, 0.05) is 6.08 Å². The normalized spacial score (nSPS) is 17.5. The molecule has 1 aliphatic rings. The summed E-state index contributed by atoms with van der Waals surface area (Å²) in [5, 5.41) is 9.06. The third kappa shape index (κ3) is 8.88. The number of carbonyl (C=O) groups is 5. The van der Waals surface area contributed by atoms with Crippen molar-refractivity contribution in [2.75, 3.05) is 13.2 Å². The van der Waals surface area contributed by atoms with Crippen molar-refractivity contribution < 1.29 is 48.0 Å². The Balaban J connectivity index is 1.80. The molecule has 0 radical (unpaired) electrons. The van der Waals surface area contributed by atoms with Crippen molar-refractivity contribution in [3.05, 3.63) is 36.9 Å². The van der Waals surface area contributed by atoms with Gasteiger partial charge in [-0.1, -0.05) is 6.58 Å². The first-order valence-electron chi connectivity index (χ1n) is 11.2. The van der Waals surface area contributed by atoms with Crippen LogP contribution in [0.1, 0.15) is 46.0 Å². The average molecular weight is 491 g/mol. The van der Waals surface area contributed by atoms with E-state index in [4.69, 9.17) is 24.1 Å². The van der Waals surface area contributed by atoms with Gasteiger partial charge in [-0.05, 0) is 63.8 Å². The maximum atomic E-state index is 12.5. The van der Waals surface area contributed by atoms with Crippen LogP contribution in [-0.2, 0) is 33.4 Å². The lowest BCUT2D eigenvalue weighted by Crippen LogP contribution is -2.32. The molecule has 0 aromatic heterocycles. The first kappa shape index (κ1) is 27.6. The highest BCUT2D eigenvalue weighted by Gasteiger charge is 2.34. The summed E-state index contributed by atoms with van der Waals surface area (Å²) < 4.78 is 20.4. The second-order valence-electron chi connectivity index (χ2n) is 8.82. The van der Waals surface area contributed by atoms with E-state index in [0.29, 0.717) is 25.7 Å². The number of ether oxygens (including phenoxy) is 4. The standard InChI is InChI=1S/C25H30O10/c1-4-20(26)32-13-14-33-21(27)15-25(2,3)24(31)35-19-11-9-18(10-12-19)34-23(30)17-7-5-16(6-8-17)22(28)29/h4,9-12,16-17H,1,5-8,13-15H2,2-3H3,(H,28,29)/t16-,17-. The molecule has 0 amide bonds. The molecule has 10 nitrogen and oxygen atoms in total. The first-order valence-corrected chi connectivity index (χ1v) is 11.2. The number of carboxylic acids is 1. The Labute approximate surface area is 203 Å². The summed E-state index contributed by atoms with van der Waals surface area (Å²) in [5.74, 6) is -3.49. The highest BCUT2D eigenvalue weighted by Crippen LogP contribution is 2.31. The highest BCUT2D eigenvalue weighted by molar-refractivity contribution is 5.84. The SMILES string of the molecule is C=CC(=O)OCCOC(=O)CC(C)(C)C(=O)Oc1ccc(OC(=O)[C@H]2CC[C@H](C(=O)O)CC2)cc1. The van der Waals surface area contributed by atoms with E-state index in [1.165, 1.54) is 38.1 Å². The molecule has 1 saturated carbocycles. The van der Waals surface area contributed by atoms with Crippen molar-refractivity contribution in [1.82, 2.24) is 0 Å². The molecule has 10 heteroatoms. The predicted molar refractivity (Wildman–Crippen MR) is 121 cm³/mol. The molecule has 1 aromatic rings. The van der Waals surface area contributed by atoms with E-state index in [1.54, 1.807) is 0 Å². The maximum absolute atomic E-state index is 12.5. The van der Waals surface area contributed by atoms with Gasteiger partial charge in [-0.25, -0.2) is 4.79 Å².